The molecule has 0 aliphatic heterocycles. The molecule has 2 aromatic heterocycles. The van der Waals surface area contributed by atoms with E-state index < -0.39 is 5.97 Å². The number of anilines is 1. The van der Waals surface area contributed by atoms with Crippen LogP contribution in [0.1, 0.15) is 28.6 Å². The van der Waals surface area contributed by atoms with E-state index in [0.717, 1.165) is 12.0 Å². The third-order valence-electron chi connectivity index (χ3n) is 4.30. The average Bonchev–Trinajstić information content (AvgIpc) is 3.04. The van der Waals surface area contributed by atoms with E-state index in [1.165, 1.54) is 6.33 Å². The van der Waals surface area contributed by atoms with Crippen molar-refractivity contribution in [2.75, 3.05) is 32.7 Å². The summed E-state index contributed by atoms with van der Waals surface area (Å²) in [6, 6.07) is 5.78. The Labute approximate surface area is 162 Å². The van der Waals surface area contributed by atoms with Crippen LogP contribution in [0.2, 0.25) is 0 Å². The number of rotatable bonds is 8. The Kier molecular flexibility index (Phi) is 5.98. The molecule has 28 heavy (non-hydrogen) atoms. The van der Waals surface area contributed by atoms with Crippen molar-refractivity contribution in [1.29, 1.82) is 0 Å². The maximum atomic E-state index is 12.3. The van der Waals surface area contributed by atoms with Gasteiger partial charge in [0.25, 0.3) is 0 Å². The number of aryl methyl sites for hydroxylation is 1. The summed E-state index contributed by atoms with van der Waals surface area (Å²) >= 11 is 0. The molecule has 0 unspecified atom stereocenters. The summed E-state index contributed by atoms with van der Waals surface area (Å²) in [5, 5.41) is 3.80. The molecule has 0 radical (unpaired) electrons. The van der Waals surface area contributed by atoms with Crippen molar-refractivity contribution in [2.24, 2.45) is 0 Å². The Balaban J connectivity index is 1.80. The Hall–Kier alpha value is -3.29. The number of hydrogen-bond donors (Lipinski definition) is 1. The van der Waals surface area contributed by atoms with E-state index in [-0.39, 0.29) is 6.61 Å². The van der Waals surface area contributed by atoms with Crippen LogP contribution in [0, 0.1) is 6.92 Å². The zero-order valence-corrected chi connectivity index (χ0v) is 16.4. The molecule has 1 aromatic carbocycles. The first-order valence-corrected chi connectivity index (χ1v) is 8.95. The van der Waals surface area contributed by atoms with Crippen molar-refractivity contribution < 1.29 is 23.4 Å². The number of ether oxygens (including phenoxy) is 3. The van der Waals surface area contributed by atoms with E-state index in [9.17, 15) is 4.79 Å². The summed E-state index contributed by atoms with van der Waals surface area (Å²) in [6.07, 6.45) is 2.12. The Morgan fingerprint density at radius 2 is 1.96 bits per heavy atom. The maximum Gasteiger partial charge on any atom is 0.342 e. The van der Waals surface area contributed by atoms with Crippen LogP contribution in [0.5, 0.6) is 11.5 Å². The summed E-state index contributed by atoms with van der Waals surface area (Å²) < 4.78 is 21.3. The van der Waals surface area contributed by atoms with Gasteiger partial charge in [0.05, 0.1) is 26.2 Å². The highest BCUT2D eigenvalue weighted by Gasteiger charge is 2.23. The minimum Gasteiger partial charge on any atom is -0.493 e. The summed E-state index contributed by atoms with van der Waals surface area (Å²) in [6.45, 7) is 4.34. The summed E-state index contributed by atoms with van der Waals surface area (Å²) in [4.78, 5) is 20.7. The number of methoxy groups -OCH3 is 2. The number of aromatic nitrogens is 2. The molecule has 8 nitrogen and oxygen atoms in total. The van der Waals surface area contributed by atoms with Crippen molar-refractivity contribution in [2.45, 2.75) is 20.3 Å². The van der Waals surface area contributed by atoms with E-state index in [1.54, 1.807) is 28.1 Å². The molecule has 2 heterocycles. The highest BCUT2D eigenvalue weighted by atomic mass is 16.5. The second-order valence-electron chi connectivity index (χ2n) is 6.02. The molecule has 3 rings (SSSR count). The fourth-order valence-corrected chi connectivity index (χ4v) is 2.99. The Morgan fingerprint density at radius 1 is 1.18 bits per heavy atom. The first kappa shape index (κ1) is 19.5. The van der Waals surface area contributed by atoms with Crippen molar-refractivity contribution in [1.82, 2.24) is 9.97 Å². The van der Waals surface area contributed by atoms with Crippen molar-refractivity contribution >= 4 is 22.9 Å². The minimum atomic E-state index is -0.448. The quantitative estimate of drug-likeness (QED) is 0.590. The first-order chi connectivity index (χ1) is 13.6. The standard InChI is InChI=1S/C20H23N3O5/c1-5-27-20(24)16-12(2)28-19-17(16)18(22-11-23-19)21-9-8-13-6-7-14(25-3)15(10-13)26-4/h6-7,10-11H,5,8-9H2,1-4H3,(H,21,22,23). The highest BCUT2D eigenvalue weighted by Crippen LogP contribution is 2.30. The number of hydrogen-bond acceptors (Lipinski definition) is 8. The molecule has 0 bridgehead atoms. The lowest BCUT2D eigenvalue weighted by Crippen LogP contribution is -2.10. The van der Waals surface area contributed by atoms with Crippen LogP contribution in [0.3, 0.4) is 0 Å². The molecule has 0 amide bonds. The SMILES string of the molecule is CCOC(=O)c1c(C)oc2ncnc(NCCc3ccc(OC)c(OC)c3)c12. The lowest BCUT2D eigenvalue weighted by molar-refractivity contribution is 0.0526. The van der Waals surface area contributed by atoms with Crippen molar-refractivity contribution in [3.63, 3.8) is 0 Å². The van der Waals surface area contributed by atoms with Crippen LogP contribution in [-0.4, -0.2) is 43.3 Å². The van der Waals surface area contributed by atoms with E-state index in [2.05, 4.69) is 15.3 Å². The van der Waals surface area contributed by atoms with Gasteiger partial charge in [0, 0.05) is 6.54 Å². The van der Waals surface area contributed by atoms with Crippen LogP contribution in [0.15, 0.2) is 28.9 Å². The number of nitrogens with zero attached hydrogens (tertiary/aromatic N) is 2. The van der Waals surface area contributed by atoms with Crippen LogP contribution in [0.25, 0.3) is 11.1 Å². The van der Waals surface area contributed by atoms with Gasteiger partial charge in [-0.25, -0.2) is 14.8 Å². The third kappa shape index (κ3) is 3.85. The van der Waals surface area contributed by atoms with Gasteiger partial charge < -0.3 is 23.9 Å². The largest absolute Gasteiger partial charge is 0.493 e. The topological polar surface area (TPSA) is 95.7 Å². The molecular weight excluding hydrogens is 362 g/mol. The normalized spacial score (nSPS) is 10.7. The summed E-state index contributed by atoms with van der Waals surface area (Å²) in [7, 11) is 3.21. The van der Waals surface area contributed by atoms with Gasteiger partial charge in [-0.3, -0.25) is 0 Å². The van der Waals surface area contributed by atoms with Gasteiger partial charge in [-0.2, -0.15) is 0 Å². The molecule has 1 N–H and O–H groups in total. The molecule has 148 valence electrons. The molecule has 8 heteroatoms. The van der Waals surface area contributed by atoms with E-state index in [4.69, 9.17) is 18.6 Å². The van der Waals surface area contributed by atoms with Gasteiger partial charge in [0.1, 0.15) is 23.5 Å². The molecule has 0 saturated heterocycles. The van der Waals surface area contributed by atoms with E-state index >= 15 is 0 Å². The van der Waals surface area contributed by atoms with Crippen LogP contribution in [0.4, 0.5) is 5.82 Å². The third-order valence-corrected chi connectivity index (χ3v) is 4.30. The molecule has 0 aliphatic carbocycles. The van der Waals surface area contributed by atoms with Crippen molar-refractivity contribution in [3.8, 4) is 11.5 Å². The summed E-state index contributed by atoms with van der Waals surface area (Å²) in [5.74, 6) is 1.91. The first-order valence-electron chi connectivity index (χ1n) is 8.95. The number of nitrogens with one attached hydrogen (secondary N) is 1. The number of esters is 1. The second kappa shape index (κ2) is 8.60. The maximum absolute atomic E-state index is 12.3. The number of carbonyl (C=O) groups excluding carboxylic acids is 1. The lowest BCUT2D eigenvalue weighted by Gasteiger charge is -2.11. The van der Waals surface area contributed by atoms with E-state index in [1.807, 2.05) is 18.2 Å². The predicted molar refractivity (Wildman–Crippen MR) is 104 cm³/mol. The van der Waals surface area contributed by atoms with Crippen LogP contribution in [-0.2, 0) is 11.2 Å². The molecule has 0 saturated carbocycles. The van der Waals surface area contributed by atoms with Gasteiger partial charge in [-0.05, 0) is 38.0 Å². The van der Waals surface area contributed by atoms with Gasteiger partial charge in [0.15, 0.2) is 11.5 Å². The second-order valence-corrected chi connectivity index (χ2v) is 6.02. The van der Waals surface area contributed by atoms with Gasteiger partial charge >= 0.3 is 5.97 Å². The fourth-order valence-electron chi connectivity index (χ4n) is 2.99. The zero-order valence-electron chi connectivity index (χ0n) is 16.4. The van der Waals surface area contributed by atoms with Gasteiger partial charge in [-0.15, -0.1) is 0 Å². The smallest absolute Gasteiger partial charge is 0.342 e. The Morgan fingerprint density at radius 3 is 2.68 bits per heavy atom. The van der Waals surface area contributed by atoms with Crippen molar-refractivity contribution in [3.05, 3.63) is 41.4 Å². The average molecular weight is 385 g/mol. The highest BCUT2D eigenvalue weighted by molar-refractivity contribution is 6.07. The lowest BCUT2D eigenvalue weighted by atomic mass is 10.1. The number of carbonyl (C=O) groups is 1. The number of benzene rings is 1. The van der Waals surface area contributed by atoms with Crippen LogP contribution < -0.4 is 14.8 Å². The molecular formula is C20H23N3O5. The van der Waals surface area contributed by atoms with Gasteiger partial charge in [0.2, 0.25) is 5.71 Å². The fraction of sp³-hybridized carbons (Fsp3) is 0.350. The monoisotopic (exact) mass is 385 g/mol. The molecule has 0 fully saturated rings. The molecule has 0 atom stereocenters. The molecule has 0 aliphatic rings. The number of furan rings is 1. The minimum absolute atomic E-state index is 0.278. The summed E-state index contributed by atoms with van der Waals surface area (Å²) in [5.41, 5.74) is 1.78. The molecule has 0 spiro atoms. The molecule has 3 aromatic rings. The number of fused-ring (bicyclic) bond motifs is 1. The predicted octanol–water partition coefficient (Wildman–Crippen LogP) is 3.38. The Bertz CT molecular complexity index is 983. The van der Waals surface area contributed by atoms with Crippen LogP contribution >= 0.6 is 0 Å². The van der Waals surface area contributed by atoms with E-state index in [0.29, 0.717) is 46.3 Å². The zero-order chi connectivity index (χ0) is 20.1. The van der Waals surface area contributed by atoms with Gasteiger partial charge in [-0.1, -0.05) is 6.07 Å².